The van der Waals surface area contributed by atoms with Gasteiger partial charge in [-0.2, -0.15) is 9.50 Å². The normalized spacial score (nSPS) is 12.0. The third-order valence-electron chi connectivity index (χ3n) is 4.79. The van der Waals surface area contributed by atoms with Crippen LogP contribution in [0.1, 0.15) is 17.1 Å². The van der Waals surface area contributed by atoms with E-state index in [1.807, 2.05) is 37.3 Å². The second kappa shape index (κ2) is 8.43. The van der Waals surface area contributed by atoms with E-state index in [4.69, 9.17) is 32.4 Å². The highest BCUT2D eigenvalue weighted by atomic mass is 35.5. The maximum atomic E-state index is 12.8. The van der Waals surface area contributed by atoms with E-state index in [2.05, 4.69) is 10.1 Å². The van der Waals surface area contributed by atoms with Crippen molar-refractivity contribution >= 4 is 45.6 Å². The monoisotopic (exact) mass is 483 g/mol. The summed E-state index contributed by atoms with van der Waals surface area (Å²) in [5, 5.41) is 5.15. The highest BCUT2D eigenvalue weighted by molar-refractivity contribution is 7.15. The quantitative estimate of drug-likeness (QED) is 0.345. The molecule has 160 valence electrons. The zero-order valence-corrected chi connectivity index (χ0v) is 19.0. The lowest BCUT2D eigenvalue weighted by Crippen LogP contribution is -2.23. The summed E-state index contributed by atoms with van der Waals surface area (Å²) in [5.74, 6) is 2.28. The van der Waals surface area contributed by atoms with Crippen molar-refractivity contribution in [2.45, 2.75) is 13.5 Å². The summed E-state index contributed by atoms with van der Waals surface area (Å²) in [5.41, 5.74) is 1.44. The van der Waals surface area contributed by atoms with E-state index >= 15 is 0 Å². The number of hydrogen-bond acceptors (Lipinski definition) is 6. The fourth-order valence-corrected chi connectivity index (χ4v) is 4.49. The molecule has 0 radical (unpaired) electrons. The molecule has 0 unspecified atom stereocenters. The number of aromatic nitrogens is 3. The number of thiazole rings is 1. The smallest absolute Gasteiger partial charge is 0.291 e. The van der Waals surface area contributed by atoms with Gasteiger partial charge in [0.2, 0.25) is 4.96 Å². The van der Waals surface area contributed by atoms with Crippen molar-refractivity contribution in [1.82, 2.24) is 14.6 Å². The van der Waals surface area contributed by atoms with Gasteiger partial charge in [0, 0.05) is 11.6 Å². The van der Waals surface area contributed by atoms with E-state index in [-0.39, 0.29) is 12.2 Å². The summed E-state index contributed by atoms with van der Waals surface area (Å²) in [4.78, 5) is 17.7. The number of rotatable bonds is 5. The SMILES string of the molecule is Cc1ccccc1OCc1nc2sc(=Cc3ccc(-c4cccc(Cl)c4Cl)o3)c(=O)n2n1. The van der Waals surface area contributed by atoms with Crippen molar-refractivity contribution < 1.29 is 9.15 Å². The number of furan rings is 1. The molecule has 32 heavy (non-hydrogen) atoms. The molecule has 6 nitrogen and oxygen atoms in total. The number of fused-ring (bicyclic) bond motifs is 1. The Morgan fingerprint density at radius 3 is 2.78 bits per heavy atom. The molecule has 2 aromatic carbocycles. The number of ether oxygens (including phenoxy) is 1. The van der Waals surface area contributed by atoms with Gasteiger partial charge in [-0.05, 0) is 42.8 Å². The van der Waals surface area contributed by atoms with Crippen molar-refractivity contribution in [3.8, 4) is 17.1 Å². The third-order valence-corrected chi connectivity index (χ3v) is 6.57. The van der Waals surface area contributed by atoms with Gasteiger partial charge in [-0.3, -0.25) is 4.79 Å². The van der Waals surface area contributed by atoms with E-state index in [1.165, 1.54) is 15.9 Å². The van der Waals surface area contributed by atoms with Crippen LogP contribution in [0.15, 0.2) is 63.8 Å². The summed E-state index contributed by atoms with van der Waals surface area (Å²) in [6.45, 7) is 2.15. The van der Waals surface area contributed by atoms with Gasteiger partial charge in [0.1, 0.15) is 28.4 Å². The van der Waals surface area contributed by atoms with E-state index in [0.717, 1.165) is 11.3 Å². The fourth-order valence-electron chi connectivity index (χ4n) is 3.19. The van der Waals surface area contributed by atoms with Crippen LogP contribution in [0.3, 0.4) is 0 Å². The standard InChI is InChI=1S/C23H15Cl2N3O3S/c1-13-5-2-3-8-17(13)30-12-20-26-23-28(27-20)22(29)19(32-23)11-14-9-10-18(31-14)15-6-4-7-16(24)21(15)25/h2-11H,12H2,1H3. The number of halogens is 2. The highest BCUT2D eigenvalue weighted by Crippen LogP contribution is 2.34. The Bertz CT molecular complexity index is 1550. The average Bonchev–Trinajstić information content (AvgIpc) is 3.47. The molecule has 5 aromatic rings. The topological polar surface area (TPSA) is 69.6 Å². The first-order valence-electron chi connectivity index (χ1n) is 9.62. The van der Waals surface area contributed by atoms with E-state index < -0.39 is 0 Å². The van der Waals surface area contributed by atoms with Crippen molar-refractivity contribution in [1.29, 1.82) is 0 Å². The molecule has 0 fully saturated rings. The van der Waals surface area contributed by atoms with E-state index in [0.29, 0.717) is 42.4 Å². The first kappa shape index (κ1) is 20.8. The van der Waals surface area contributed by atoms with Crippen LogP contribution in [0.5, 0.6) is 5.75 Å². The number of benzene rings is 2. The minimum Gasteiger partial charge on any atom is -0.485 e. The van der Waals surface area contributed by atoms with Crippen LogP contribution in [0.4, 0.5) is 0 Å². The molecule has 3 heterocycles. The van der Waals surface area contributed by atoms with Gasteiger partial charge in [0.25, 0.3) is 5.56 Å². The molecule has 0 aliphatic heterocycles. The molecule has 0 aliphatic carbocycles. The molecule has 9 heteroatoms. The van der Waals surface area contributed by atoms with Crippen LogP contribution in [0, 0.1) is 6.92 Å². The molecule has 0 bridgehead atoms. The Kier molecular flexibility index (Phi) is 5.46. The Morgan fingerprint density at radius 1 is 1.12 bits per heavy atom. The van der Waals surface area contributed by atoms with Gasteiger partial charge in [0.05, 0.1) is 10.0 Å². The predicted molar refractivity (Wildman–Crippen MR) is 126 cm³/mol. The van der Waals surface area contributed by atoms with Crippen molar-refractivity contribution in [2.24, 2.45) is 0 Å². The Labute approximate surface area is 196 Å². The molecule has 0 spiro atoms. The van der Waals surface area contributed by atoms with Gasteiger partial charge in [0.15, 0.2) is 5.82 Å². The van der Waals surface area contributed by atoms with Crippen LogP contribution < -0.4 is 14.8 Å². The second-order valence-electron chi connectivity index (χ2n) is 7.00. The summed E-state index contributed by atoms with van der Waals surface area (Å²) in [6, 6.07) is 16.6. The van der Waals surface area contributed by atoms with E-state index in [9.17, 15) is 4.79 Å². The summed E-state index contributed by atoms with van der Waals surface area (Å²) >= 11 is 13.6. The van der Waals surface area contributed by atoms with E-state index in [1.54, 1.807) is 30.3 Å². The summed E-state index contributed by atoms with van der Waals surface area (Å²) < 4.78 is 13.4. The number of para-hydroxylation sites is 1. The van der Waals surface area contributed by atoms with Crippen molar-refractivity contribution in [3.63, 3.8) is 0 Å². The highest BCUT2D eigenvalue weighted by Gasteiger charge is 2.13. The van der Waals surface area contributed by atoms with Crippen LogP contribution >= 0.6 is 34.5 Å². The number of nitrogens with zero attached hydrogens (tertiary/aromatic N) is 3. The fraction of sp³-hybridized carbons (Fsp3) is 0.0870. The molecular weight excluding hydrogens is 469 g/mol. The summed E-state index contributed by atoms with van der Waals surface area (Å²) in [7, 11) is 0. The molecular formula is C23H15Cl2N3O3S. The van der Waals surface area contributed by atoms with Gasteiger partial charge in [-0.15, -0.1) is 5.10 Å². The maximum absolute atomic E-state index is 12.8. The first-order chi connectivity index (χ1) is 15.5. The molecule has 0 aliphatic rings. The van der Waals surface area contributed by atoms with Crippen LogP contribution in [0.2, 0.25) is 10.0 Å². The van der Waals surface area contributed by atoms with Crippen molar-refractivity contribution in [3.05, 3.63) is 96.7 Å². The number of hydrogen-bond donors (Lipinski definition) is 0. The minimum atomic E-state index is -0.265. The van der Waals surface area contributed by atoms with Gasteiger partial charge in [-0.25, -0.2) is 0 Å². The van der Waals surface area contributed by atoms with Gasteiger partial charge < -0.3 is 9.15 Å². The zero-order valence-electron chi connectivity index (χ0n) is 16.7. The Hall–Kier alpha value is -3.13. The predicted octanol–water partition coefficient (Wildman–Crippen LogP) is 5.15. The zero-order chi connectivity index (χ0) is 22.2. The molecule has 0 saturated heterocycles. The maximum Gasteiger partial charge on any atom is 0.291 e. The molecule has 3 aromatic heterocycles. The molecule has 0 amide bonds. The molecule has 0 atom stereocenters. The third kappa shape index (κ3) is 3.90. The lowest BCUT2D eigenvalue weighted by molar-refractivity contribution is 0.294. The first-order valence-corrected chi connectivity index (χ1v) is 11.2. The molecule has 0 N–H and O–H groups in total. The Morgan fingerprint density at radius 2 is 1.97 bits per heavy atom. The molecule has 0 saturated carbocycles. The average molecular weight is 484 g/mol. The van der Waals surface area contributed by atoms with Crippen LogP contribution in [0.25, 0.3) is 22.4 Å². The molecule has 5 rings (SSSR count). The largest absolute Gasteiger partial charge is 0.485 e. The van der Waals surface area contributed by atoms with Crippen LogP contribution in [-0.2, 0) is 6.61 Å². The van der Waals surface area contributed by atoms with Crippen molar-refractivity contribution in [2.75, 3.05) is 0 Å². The number of aryl methyl sites for hydroxylation is 1. The minimum absolute atomic E-state index is 0.180. The lowest BCUT2D eigenvalue weighted by atomic mass is 10.2. The summed E-state index contributed by atoms with van der Waals surface area (Å²) in [6.07, 6.45) is 1.66. The lowest BCUT2D eigenvalue weighted by Gasteiger charge is -2.05. The van der Waals surface area contributed by atoms with Gasteiger partial charge >= 0.3 is 0 Å². The van der Waals surface area contributed by atoms with Gasteiger partial charge in [-0.1, -0.05) is 58.8 Å². The second-order valence-corrected chi connectivity index (χ2v) is 8.79. The Balaban J connectivity index is 1.41. The van der Waals surface area contributed by atoms with Crippen LogP contribution in [-0.4, -0.2) is 14.6 Å².